The molecule has 1 aliphatic carbocycles. The molecule has 0 amide bonds. The molecule has 2 N–H and O–H groups in total. The molecule has 144 valence electrons. The molecule has 0 saturated heterocycles. The largest absolute Gasteiger partial charge is 0.366 e. The van der Waals surface area contributed by atoms with E-state index < -0.39 is 0 Å². The van der Waals surface area contributed by atoms with Crippen molar-refractivity contribution in [3.63, 3.8) is 0 Å². The van der Waals surface area contributed by atoms with Crippen LogP contribution in [0.15, 0.2) is 54.9 Å². The van der Waals surface area contributed by atoms with Gasteiger partial charge in [-0.3, -0.25) is 4.98 Å². The summed E-state index contributed by atoms with van der Waals surface area (Å²) in [6.07, 6.45) is 9.88. The van der Waals surface area contributed by atoms with E-state index in [1.165, 1.54) is 43.2 Å². The van der Waals surface area contributed by atoms with E-state index in [-0.39, 0.29) is 0 Å². The number of benzene rings is 1. The second-order valence-corrected chi connectivity index (χ2v) is 7.52. The average molecular weight is 374 g/mol. The van der Waals surface area contributed by atoms with Crippen LogP contribution in [0.3, 0.4) is 0 Å². The van der Waals surface area contributed by atoms with E-state index in [0.717, 1.165) is 23.6 Å². The Morgan fingerprint density at radius 3 is 2.57 bits per heavy atom. The van der Waals surface area contributed by atoms with Gasteiger partial charge in [0.1, 0.15) is 5.82 Å². The van der Waals surface area contributed by atoms with Crippen molar-refractivity contribution in [2.24, 2.45) is 0 Å². The number of nitrogens with one attached hydrogen (secondary N) is 2. The number of aromatic nitrogens is 3. The van der Waals surface area contributed by atoms with Crippen molar-refractivity contribution in [1.82, 2.24) is 15.0 Å². The summed E-state index contributed by atoms with van der Waals surface area (Å²) in [5.41, 5.74) is 4.38. The van der Waals surface area contributed by atoms with E-state index in [0.29, 0.717) is 12.0 Å². The summed E-state index contributed by atoms with van der Waals surface area (Å²) in [7, 11) is 0. The zero-order valence-electron chi connectivity index (χ0n) is 16.4. The van der Waals surface area contributed by atoms with Gasteiger partial charge in [-0.05, 0) is 37.5 Å². The Hall–Kier alpha value is -2.95. The summed E-state index contributed by atoms with van der Waals surface area (Å²) in [5.74, 6) is 1.52. The molecule has 0 unspecified atom stereocenters. The molecular formula is C23H27N5. The summed E-state index contributed by atoms with van der Waals surface area (Å²) in [6.45, 7) is 2.83. The monoisotopic (exact) mass is 373 g/mol. The third kappa shape index (κ3) is 4.85. The minimum absolute atomic E-state index is 0.461. The molecule has 0 radical (unpaired) electrons. The molecule has 0 aliphatic heterocycles. The van der Waals surface area contributed by atoms with Crippen LogP contribution in [0.1, 0.15) is 43.2 Å². The molecule has 1 fully saturated rings. The first-order valence-electron chi connectivity index (χ1n) is 10.1. The number of hydrogen-bond acceptors (Lipinski definition) is 5. The molecular weight excluding hydrogens is 346 g/mol. The number of aryl methyl sites for hydroxylation is 1. The fourth-order valence-electron chi connectivity index (χ4n) is 3.59. The van der Waals surface area contributed by atoms with E-state index in [2.05, 4.69) is 46.8 Å². The zero-order chi connectivity index (χ0) is 19.2. The van der Waals surface area contributed by atoms with Gasteiger partial charge in [0.05, 0.1) is 5.69 Å². The van der Waals surface area contributed by atoms with Gasteiger partial charge in [-0.15, -0.1) is 0 Å². The summed E-state index contributed by atoms with van der Waals surface area (Å²) in [5, 5.41) is 7.01. The fraction of sp³-hybridized carbons (Fsp3) is 0.348. The second kappa shape index (κ2) is 8.83. The lowest BCUT2D eigenvalue weighted by Gasteiger charge is -2.23. The van der Waals surface area contributed by atoms with Crippen molar-refractivity contribution >= 4 is 11.8 Å². The van der Waals surface area contributed by atoms with E-state index in [1.54, 1.807) is 6.20 Å². The Morgan fingerprint density at radius 2 is 1.82 bits per heavy atom. The molecule has 1 aliphatic rings. The minimum atomic E-state index is 0.461. The lowest BCUT2D eigenvalue weighted by Crippen LogP contribution is -2.23. The maximum Gasteiger partial charge on any atom is 0.225 e. The van der Waals surface area contributed by atoms with Gasteiger partial charge in [0.15, 0.2) is 0 Å². The Labute approximate surface area is 166 Å². The Kier molecular flexibility index (Phi) is 5.80. The first kappa shape index (κ1) is 18.4. The predicted octanol–water partition coefficient (Wildman–Crippen LogP) is 5.20. The maximum absolute atomic E-state index is 4.76. The Balaban J connectivity index is 1.56. The van der Waals surface area contributed by atoms with E-state index >= 15 is 0 Å². The number of pyridine rings is 1. The van der Waals surface area contributed by atoms with Crippen molar-refractivity contribution in [3.8, 4) is 11.3 Å². The second-order valence-electron chi connectivity index (χ2n) is 7.52. The minimum Gasteiger partial charge on any atom is -0.366 e. The molecule has 0 spiro atoms. The van der Waals surface area contributed by atoms with Gasteiger partial charge in [0.2, 0.25) is 5.95 Å². The van der Waals surface area contributed by atoms with Gasteiger partial charge in [0, 0.05) is 36.6 Å². The predicted molar refractivity (Wildman–Crippen MR) is 114 cm³/mol. The van der Waals surface area contributed by atoms with Crippen LogP contribution in [0.2, 0.25) is 0 Å². The molecule has 5 nitrogen and oxygen atoms in total. The van der Waals surface area contributed by atoms with Gasteiger partial charge < -0.3 is 10.6 Å². The fourth-order valence-corrected chi connectivity index (χ4v) is 3.59. The Bertz CT molecular complexity index is 887. The molecule has 0 bridgehead atoms. The van der Waals surface area contributed by atoms with E-state index in [1.807, 2.05) is 24.4 Å². The molecule has 3 aromatic rings. The van der Waals surface area contributed by atoms with Crippen molar-refractivity contribution < 1.29 is 0 Å². The lowest BCUT2D eigenvalue weighted by molar-refractivity contribution is 0.461. The third-order valence-corrected chi connectivity index (χ3v) is 5.22. The van der Waals surface area contributed by atoms with Crippen LogP contribution in [0.4, 0.5) is 11.8 Å². The number of anilines is 2. The standard InChI is InChI=1S/C23H27N5/c1-17-9-11-18(12-10-17)15-25-22-14-21(19-6-5-13-24-16-19)27-23(28-22)26-20-7-3-2-4-8-20/h5-6,9-14,16,20H,2-4,7-8,15H2,1H3,(H2,25,26,27,28). The molecule has 4 rings (SSSR count). The maximum atomic E-state index is 4.76. The molecule has 1 aromatic carbocycles. The molecule has 5 heteroatoms. The number of rotatable bonds is 6. The van der Waals surface area contributed by atoms with Crippen molar-refractivity contribution in [2.45, 2.75) is 51.6 Å². The van der Waals surface area contributed by atoms with Gasteiger partial charge in [-0.25, -0.2) is 4.98 Å². The molecule has 1 saturated carbocycles. The number of nitrogens with zero attached hydrogens (tertiary/aromatic N) is 3. The van der Waals surface area contributed by atoms with Crippen LogP contribution in [0.5, 0.6) is 0 Å². The van der Waals surface area contributed by atoms with Crippen molar-refractivity contribution in [2.75, 3.05) is 10.6 Å². The van der Waals surface area contributed by atoms with Crippen molar-refractivity contribution in [3.05, 3.63) is 66.0 Å². The highest BCUT2D eigenvalue weighted by atomic mass is 15.2. The molecule has 2 heterocycles. The van der Waals surface area contributed by atoms with Gasteiger partial charge in [-0.1, -0.05) is 49.1 Å². The van der Waals surface area contributed by atoms with Gasteiger partial charge in [-0.2, -0.15) is 4.98 Å². The highest BCUT2D eigenvalue weighted by Crippen LogP contribution is 2.24. The smallest absolute Gasteiger partial charge is 0.225 e. The van der Waals surface area contributed by atoms with Crippen LogP contribution in [-0.4, -0.2) is 21.0 Å². The SMILES string of the molecule is Cc1ccc(CNc2cc(-c3cccnc3)nc(NC3CCCCC3)n2)cc1. The first-order valence-corrected chi connectivity index (χ1v) is 10.1. The summed E-state index contributed by atoms with van der Waals surface area (Å²) < 4.78 is 0. The van der Waals surface area contributed by atoms with Crippen molar-refractivity contribution in [1.29, 1.82) is 0 Å². The van der Waals surface area contributed by atoms with E-state index in [9.17, 15) is 0 Å². The Morgan fingerprint density at radius 1 is 1.00 bits per heavy atom. The summed E-state index contributed by atoms with van der Waals surface area (Å²) in [4.78, 5) is 13.7. The van der Waals surface area contributed by atoms with Crippen LogP contribution in [-0.2, 0) is 6.54 Å². The highest BCUT2D eigenvalue weighted by molar-refractivity contribution is 5.63. The zero-order valence-corrected chi connectivity index (χ0v) is 16.4. The number of hydrogen-bond donors (Lipinski definition) is 2. The summed E-state index contributed by atoms with van der Waals surface area (Å²) in [6, 6.07) is 15.0. The molecule has 2 aromatic heterocycles. The lowest BCUT2D eigenvalue weighted by atomic mass is 9.96. The third-order valence-electron chi connectivity index (χ3n) is 5.22. The van der Waals surface area contributed by atoms with Crippen LogP contribution < -0.4 is 10.6 Å². The van der Waals surface area contributed by atoms with Crippen LogP contribution in [0, 0.1) is 6.92 Å². The van der Waals surface area contributed by atoms with Crippen LogP contribution >= 0.6 is 0 Å². The van der Waals surface area contributed by atoms with Gasteiger partial charge in [0.25, 0.3) is 0 Å². The quantitative estimate of drug-likeness (QED) is 0.621. The van der Waals surface area contributed by atoms with Gasteiger partial charge >= 0.3 is 0 Å². The molecule has 28 heavy (non-hydrogen) atoms. The first-order chi connectivity index (χ1) is 13.8. The average Bonchev–Trinajstić information content (AvgIpc) is 2.75. The normalized spacial score (nSPS) is 14.6. The highest BCUT2D eigenvalue weighted by Gasteiger charge is 2.15. The topological polar surface area (TPSA) is 62.7 Å². The molecule has 0 atom stereocenters. The van der Waals surface area contributed by atoms with E-state index in [4.69, 9.17) is 9.97 Å². The van der Waals surface area contributed by atoms with Crippen LogP contribution in [0.25, 0.3) is 11.3 Å². The summed E-state index contributed by atoms with van der Waals surface area (Å²) >= 11 is 0.